The van der Waals surface area contributed by atoms with Gasteiger partial charge in [0.15, 0.2) is 0 Å². The van der Waals surface area contributed by atoms with E-state index in [4.69, 9.17) is 10.5 Å². The van der Waals surface area contributed by atoms with E-state index in [1.165, 1.54) is 0 Å². The number of carbonyl (C=O) groups is 1. The normalized spacial score (nSPS) is 13.4. The SMILES string of the molecule is C=CCOc1ccccc1CNC(=O)C(C)C(C)N. The average molecular weight is 262 g/mol. The van der Waals surface area contributed by atoms with Gasteiger partial charge in [-0.3, -0.25) is 4.79 Å². The maximum absolute atomic E-state index is 11.8. The molecule has 4 heteroatoms. The largest absolute Gasteiger partial charge is 0.489 e. The zero-order valence-electron chi connectivity index (χ0n) is 11.6. The summed E-state index contributed by atoms with van der Waals surface area (Å²) in [6, 6.07) is 7.45. The molecule has 19 heavy (non-hydrogen) atoms. The predicted octanol–water partition coefficient (Wildman–Crippen LogP) is 1.85. The maximum atomic E-state index is 11.8. The standard InChI is InChI=1S/C15H22N2O2/c1-4-9-19-14-8-6-5-7-13(14)10-17-15(18)11(2)12(3)16/h4-8,11-12H,1,9-10,16H2,2-3H3,(H,17,18). The highest BCUT2D eigenvalue weighted by Crippen LogP contribution is 2.17. The molecular weight excluding hydrogens is 240 g/mol. The van der Waals surface area contributed by atoms with E-state index in [0.29, 0.717) is 13.2 Å². The van der Waals surface area contributed by atoms with Gasteiger partial charge in [-0.15, -0.1) is 0 Å². The summed E-state index contributed by atoms with van der Waals surface area (Å²) < 4.78 is 5.53. The van der Waals surface area contributed by atoms with Gasteiger partial charge in [-0.25, -0.2) is 0 Å². The molecule has 0 heterocycles. The van der Waals surface area contributed by atoms with Crippen LogP contribution in [0.3, 0.4) is 0 Å². The third-order valence-electron chi connectivity index (χ3n) is 2.98. The van der Waals surface area contributed by atoms with Crippen molar-refractivity contribution in [3.05, 3.63) is 42.5 Å². The van der Waals surface area contributed by atoms with Gasteiger partial charge in [-0.1, -0.05) is 37.8 Å². The van der Waals surface area contributed by atoms with E-state index < -0.39 is 0 Å². The molecule has 0 bridgehead atoms. The molecule has 1 amide bonds. The summed E-state index contributed by atoms with van der Waals surface area (Å²) in [6.07, 6.45) is 1.69. The molecule has 0 radical (unpaired) electrons. The number of para-hydroxylation sites is 1. The lowest BCUT2D eigenvalue weighted by molar-refractivity contribution is -0.125. The van der Waals surface area contributed by atoms with E-state index in [0.717, 1.165) is 11.3 Å². The molecule has 0 aliphatic heterocycles. The zero-order valence-corrected chi connectivity index (χ0v) is 11.6. The Bertz CT molecular complexity index is 430. The van der Waals surface area contributed by atoms with Crippen LogP contribution >= 0.6 is 0 Å². The molecule has 0 spiro atoms. The lowest BCUT2D eigenvalue weighted by Gasteiger charge is -2.16. The molecule has 2 unspecified atom stereocenters. The Balaban J connectivity index is 2.62. The van der Waals surface area contributed by atoms with E-state index in [1.54, 1.807) is 6.08 Å². The molecule has 0 saturated carbocycles. The summed E-state index contributed by atoms with van der Waals surface area (Å²) in [5, 5.41) is 2.87. The Morgan fingerprint density at radius 1 is 1.47 bits per heavy atom. The van der Waals surface area contributed by atoms with Gasteiger partial charge < -0.3 is 15.8 Å². The molecule has 104 valence electrons. The van der Waals surface area contributed by atoms with Gasteiger partial charge in [-0.2, -0.15) is 0 Å². The summed E-state index contributed by atoms with van der Waals surface area (Å²) in [5.74, 6) is 0.505. The first-order valence-corrected chi connectivity index (χ1v) is 6.41. The van der Waals surface area contributed by atoms with Gasteiger partial charge in [0.05, 0.1) is 0 Å². The van der Waals surface area contributed by atoms with Crippen LogP contribution in [-0.4, -0.2) is 18.6 Å². The molecular formula is C15H22N2O2. The van der Waals surface area contributed by atoms with Crippen LogP contribution in [0.2, 0.25) is 0 Å². The highest BCUT2D eigenvalue weighted by Gasteiger charge is 2.16. The molecule has 0 saturated heterocycles. The van der Waals surface area contributed by atoms with Gasteiger partial charge in [-0.05, 0) is 13.0 Å². The first-order chi connectivity index (χ1) is 9.06. The fraction of sp³-hybridized carbons (Fsp3) is 0.400. The van der Waals surface area contributed by atoms with Crippen molar-refractivity contribution < 1.29 is 9.53 Å². The van der Waals surface area contributed by atoms with Crippen molar-refractivity contribution in [1.82, 2.24) is 5.32 Å². The maximum Gasteiger partial charge on any atom is 0.224 e. The second kappa shape index (κ2) is 7.59. The zero-order chi connectivity index (χ0) is 14.3. The van der Waals surface area contributed by atoms with Gasteiger partial charge in [0.2, 0.25) is 5.91 Å². The van der Waals surface area contributed by atoms with E-state index in [9.17, 15) is 4.79 Å². The van der Waals surface area contributed by atoms with Crippen LogP contribution in [0, 0.1) is 5.92 Å². The van der Waals surface area contributed by atoms with Crippen LogP contribution in [0.5, 0.6) is 5.75 Å². The Morgan fingerprint density at radius 2 is 2.16 bits per heavy atom. The van der Waals surface area contributed by atoms with Crippen molar-refractivity contribution >= 4 is 5.91 Å². The van der Waals surface area contributed by atoms with Crippen molar-refractivity contribution in [2.24, 2.45) is 11.7 Å². The van der Waals surface area contributed by atoms with E-state index in [1.807, 2.05) is 38.1 Å². The quantitative estimate of drug-likeness (QED) is 0.737. The first-order valence-electron chi connectivity index (χ1n) is 6.41. The second-order valence-corrected chi connectivity index (χ2v) is 4.57. The van der Waals surface area contributed by atoms with Crippen LogP contribution < -0.4 is 15.8 Å². The van der Waals surface area contributed by atoms with Crippen molar-refractivity contribution in [3.63, 3.8) is 0 Å². The molecule has 0 aliphatic carbocycles. The molecule has 1 aromatic rings. The van der Waals surface area contributed by atoms with Crippen LogP contribution in [0.4, 0.5) is 0 Å². The smallest absolute Gasteiger partial charge is 0.224 e. The third-order valence-corrected chi connectivity index (χ3v) is 2.98. The minimum absolute atomic E-state index is 0.0477. The van der Waals surface area contributed by atoms with Crippen LogP contribution in [0.1, 0.15) is 19.4 Å². The van der Waals surface area contributed by atoms with Crippen LogP contribution in [0.25, 0.3) is 0 Å². The number of ether oxygens (including phenoxy) is 1. The predicted molar refractivity (Wildman–Crippen MR) is 76.8 cm³/mol. The number of amides is 1. The second-order valence-electron chi connectivity index (χ2n) is 4.57. The number of nitrogens with one attached hydrogen (secondary N) is 1. The van der Waals surface area contributed by atoms with E-state index in [2.05, 4.69) is 11.9 Å². The number of rotatable bonds is 7. The molecule has 1 rings (SSSR count). The van der Waals surface area contributed by atoms with E-state index >= 15 is 0 Å². The molecule has 2 atom stereocenters. The van der Waals surface area contributed by atoms with Crippen molar-refractivity contribution in [1.29, 1.82) is 0 Å². The summed E-state index contributed by atoms with van der Waals surface area (Å²) in [7, 11) is 0. The number of hydrogen-bond acceptors (Lipinski definition) is 3. The Kier molecular flexibility index (Phi) is 6.09. The lowest BCUT2D eigenvalue weighted by atomic mass is 10.0. The Morgan fingerprint density at radius 3 is 2.79 bits per heavy atom. The fourth-order valence-corrected chi connectivity index (χ4v) is 1.52. The minimum atomic E-state index is -0.207. The highest BCUT2D eigenvalue weighted by molar-refractivity contribution is 5.78. The molecule has 1 aromatic carbocycles. The third kappa shape index (κ3) is 4.75. The number of nitrogens with two attached hydrogens (primary N) is 1. The van der Waals surface area contributed by atoms with Gasteiger partial charge >= 0.3 is 0 Å². The Hall–Kier alpha value is -1.81. The monoisotopic (exact) mass is 262 g/mol. The van der Waals surface area contributed by atoms with Crippen molar-refractivity contribution in [3.8, 4) is 5.75 Å². The number of carbonyl (C=O) groups excluding carboxylic acids is 1. The summed E-state index contributed by atoms with van der Waals surface area (Å²) >= 11 is 0. The van der Waals surface area contributed by atoms with E-state index in [-0.39, 0.29) is 17.9 Å². The molecule has 4 nitrogen and oxygen atoms in total. The summed E-state index contributed by atoms with van der Waals surface area (Å²) in [5.41, 5.74) is 6.64. The first kappa shape index (κ1) is 15.2. The lowest BCUT2D eigenvalue weighted by Crippen LogP contribution is -2.38. The van der Waals surface area contributed by atoms with Gasteiger partial charge in [0.25, 0.3) is 0 Å². The summed E-state index contributed by atoms with van der Waals surface area (Å²) in [4.78, 5) is 11.8. The topological polar surface area (TPSA) is 64.3 Å². The molecule has 0 aromatic heterocycles. The molecule has 3 N–H and O–H groups in total. The van der Waals surface area contributed by atoms with Crippen LogP contribution in [0.15, 0.2) is 36.9 Å². The summed E-state index contributed by atoms with van der Waals surface area (Å²) in [6.45, 7) is 8.14. The fourth-order valence-electron chi connectivity index (χ4n) is 1.52. The molecule has 0 fully saturated rings. The number of hydrogen-bond donors (Lipinski definition) is 2. The highest BCUT2D eigenvalue weighted by atomic mass is 16.5. The minimum Gasteiger partial charge on any atom is -0.489 e. The van der Waals surface area contributed by atoms with Crippen LogP contribution in [-0.2, 0) is 11.3 Å². The van der Waals surface area contributed by atoms with Gasteiger partial charge in [0, 0.05) is 24.1 Å². The van der Waals surface area contributed by atoms with Crippen molar-refractivity contribution in [2.45, 2.75) is 26.4 Å². The van der Waals surface area contributed by atoms with Gasteiger partial charge in [0.1, 0.15) is 12.4 Å². The Labute approximate surface area is 114 Å². The van der Waals surface area contributed by atoms with Crippen molar-refractivity contribution in [2.75, 3.05) is 6.61 Å². The molecule has 0 aliphatic rings. The number of benzene rings is 1. The average Bonchev–Trinajstić information content (AvgIpc) is 2.42.